The van der Waals surface area contributed by atoms with E-state index in [0.29, 0.717) is 5.75 Å². The zero-order chi connectivity index (χ0) is 15.2. The fourth-order valence-corrected chi connectivity index (χ4v) is 1.94. The quantitative estimate of drug-likeness (QED) is 0.853. The van der Waals surface area contributed by atoms with Gasteiger partial charge in [0.25, 0.3) is 0 Å². The molecule has 0 bridgehead atoms. The summed E-state index contributed by atoms with van der Waals surface area (Å²) in [5.41, 5.74) is 1.78. The lowest BCUT2D eigenvalue weighted by molar-refractivity contribution is 0.394. The Bertz CT molecular complexity index is 625. The van der Waals surface area contributed by atoms with Crippen molar-refractivity contribution in [2.45, 2.75) is 0 Å². The SMILES string of the molecule is COc1cc(O)cc(/C=C/c2cc(OC)cc(OC)c2)c1. The van der Waals surface area contributed by atoms with Gasteiger partial charge in [0.1, 0.15) is 23.0 Å². The molecule has 4 heteroatoms. The van der Waals surface area contributed by atoms with E-state index in [0.717, 1.165) is 22.6 Å². The summed E-state index contributed by atoms with van der Waals surface area (Å²) < 4.78 is 15.6. The molecular formula is C17H18O4. The number of ether oxygens (including phenoxy) is 3. The lowest BCUT2D eigenvalue weighted by Crippen LogP contribution is -1.88. The number of methoxy groups -OCH3 is 3. The molecule has 0 atom stereocenters. The van der Waals surface area contributed by atoms with Crippen LogP contribution < -0.4 is 14.2 Å². The molecular weight excluding hydrogens is 268 g/mol. The summed E-state index contributed by atoms with van der Waals surface area (Å²) in [6.45, 7) is 0. The summed E-state index contributed by atoms with van der Waals surface area (Å²) in [7, 11) is 4.79. The van der Waals surface area contributed by atoms with E-state index >= 15 is 0 Å². The third-order valence-corrected chi connectivity index (χ3v) is 2.99. The van der Waals surface area contributed by atoms with Crippen molar-refractivity contribution >= 4 is 12.2 Å². The van der Waals surface area contributed by atoms with Gasteiger partial charge in [-0.3, -0.25) is 0 Å². The molecule has 0 saturated carbocycles. The van der Waals surface area contributed by atoms with Crippen LogP contribution in [0.3, 0.4) is 0 Å². The third kappa shape index (κ3) is 3.92. The molecule has 2 aromatic rings. The van der Waals surface area contributed by atoms with Crippen molar-refractivity contribution in [1.29, 1.82) is 0 Å². The van der Waals surface area contributed by atoms with E-state index in [1.165, 1.54) is 0 Å². The molecule has 4 nitrogen and oxygen atoms in total. The Balaban J connectivity index is 2.30. The molecule has 0 fully saturated rings. The molecule has 0 saturated heterocycles. The van der Waals surface area contributed by atoms with Gasteiger partial charge in [-0.05, 0) is 35.4 Å². The number of hydrogen-bond acceptors (Lipinski definition) is 4. The smallest absolute Gasteiger partial charge is 0.123 e. The second-order valence-electron chi connectivity index (χ2n) is 4.44. The van der Waals surface area contributed by atoms with E-state index < -0.39 is 0 Å². The van der Waals surface area contributed by atoms with Gasteiger partial charge >= 0.3 is 0 Å². The van der Waals surface area contributed by atoms with Gasteiger partial charge in [0.15, 0.2) is 0 Å². The fraction of sp³-hybridized carbons (Fsp3) is 0.176. The van der Waals surface area contributed by atoms with E-state index in [9.17, 15) is 5.11 Å². The maximum atomic E-state index is 9.63. The summed E-state index contributed by atoms with van der Waals surface area (Å²) in [5.74, 6) is 2.22. The van der Waals surface area contributed by atoms with Gasteiger partial charge in [0.05, 0.1) is 21.3 Å². The molecule has 0 aromatic heterocycles. The Morgan fingerprint density at radius 2 is 1.10 bits per heavy atom. The van der Waals surface area contributed by atoms with Gasteiger partial charge in [-0.15, -0.1) is 0 Å². The minimum atomic E-state index is 0.164. The molecule has 0 radical (unpaired) electrons. The molecule has 0 aliphatic heterocycles. The Hall–Kier alpha value is -2.62. The van der Waals surface area contributed by atoms with E-state index in [2.05, 4.69) is 0 Å². The van der Waals surface area contributed by atoms with Crippen LogP contribution in [0.2, 0.25) is 0 Å². The average Bonchev–Trinajstić information content (AvgIpc) is 2.51. The van der Waals surface area contributed by atoms with Crippen LogP contribution in [-0.4, -0.2) is 26.4 Å². The Labute approximate surface area is 124 Å². The van der Waals surface area contributed by atoms with Crippen molar-refractivity contribution in [1.82, 2.24) is 0 Å². The normalized spacial score (nSPS) is 10.6. The highest BCUT2D eigenvalue weighted by atomic mass is 16.5. The maximum Gasteiger partial charge on any atom is 0.123 e. The molecule has 0 heterocycles. The topological polar surface area (TPSA) is 47.9 Å². The first-order valence-corrected chi connectivity index (χ1v) is 6.44. The van der Waals surface area contributed by atoms with Crippen molar-refractivity contribution < 1.29 is 19.3 Å². The molecule has 2 aromatic carbocycles. The molecule has 21 heavy (non-hydrogen) atoms. The number of rotatable bonds is 5. The molecule has 0 aliphatic rings. The number of hydrogen-bond donors (Lipinski definition) is 1. The average molecular weight is 286 g/mol. The molecule has 0 amide bonds. The predicted octanol–water partition coefficient (Wildman–Crippen LogP) is 3.59. The van der Waals surface area contributed by atoms with Crippen molar-refractivity contribution in [2.24, 2.45) is 0 Å². The number of benzene rings is 2. The first-order chi connectivity index (χ1) is 10.1. The van der Waals surface area contributed by atoms with E-state index in [-0.39, 0.29) is 5.75 Å². The van der Waals surface area contributed by atoms with Gasteiger partial charge in [-0.1, -0.05) is 12.2 Å². The van der Waals surface area contributed by atoms with Gasteiger partial charge in [0.2, 0.25) is 0 Å². The third-order valence-electron chi connectivity index (χ3n) is 2.99. The van der Waals surface area contributed by atoms with E-state index in [4.69, 9.17) is 14.2 Å². The Morgan fingerprint density at radius 3 is 1.57 bits per heavy atom. The standard InChI is InChI=1S/C17H18O4/c1-19-15-7-12(6-14(18)10-15)4-5-13-8-16(20-2)11-17(9-13)21-3/h4-11,18H,1-3H3/b5-4+. The van der Waals surface area contributed by atoms with Gasteiger partial charge < -0.3 is 19.3 Å². The van der Waals surface area contributed by atoms with Crippen molar-refractivity contribution in [3.8, 4) is 23.0 Å². The highest BCUT2D eigenvalue weighted by Gasteiger charge is 2.01. The van der Waals surface area contributed by atoms with Crippen LogP contribution in [0.4, 0.5) is 0 Å². The molecule has 110 valence electrons. The maximum absolute atomic E-state index is 9.63. The zero-order valence-electron chi connectivity index (χ0n) is 12.3. The van der Waals surface area contributed by atoms with Gasteiger partial charge in [0, 0.05) is 12.1 Å². The van der Waals surface area contributed by atoms with Crippen molar-refractivity contribution in [3.05, 3.63) is 47.5 Å². The first kappa shape index (κ1) is 14.8. The summed E-state index contributed by atoms with van der Waals surface area (Å²) >= 11 is 0. The number of phenols is 1. The molecule has 0 unspecified atom stereocenters. The largest absolute Gasteiger partial charge is 0.508 e. The van der Waals surface area contributed by atoms with Crippen molar-refractivity contribution in [2.75, 3.05) is 21.3 Å². The zero-order valence-corrected chi connectivity index (χ0v) is 12.3. The summed E-state index contributed by atoms with van der Waals surface area (Å²) in [6, 6.07) is 10.7. The van der Waals surface area contributed by atoms with Crippen LogP contribution in [-0.2, 0) is 0 Å². The van der Waals surface area contributed by atoms with E-state index in [1.807, 2.05) is 36.4 Å². The molecule has 2 rings (SSSR count). The lowest BCUT2D eigenvalue weighted by atomic mass is 10.1. The molecule has 0 spiro atoms. The number of aromatic hydroxyl groups is 1. The second kappa shape index (κ2) is 6.70. The molecule has 1 N–H and O–H groups in total. The van der Waals surface area contributed by atoms with Gasteiger partial charge in [-0.2, -0.15) is 0 Å². The Kier molecular flexibility index (Phi) is 4.72. The van der Waals surface area contributed by atoms with Crippen molar-refractivity contribution in [3.63, 3.8) is 0 Å². The summed E-state index contributed by atoms with van der Waals surface area (Å²) in [5, 5.41) is 9.63. The number of phenolic OH excluding ortho intramolecular Hbond substituents is 1. The van der Waals surface area contributed by atoms with Crippen LogP contribution in [0.5, 0.6) is 23.0 Å². The van der Waals surface area contributed by atoms with Crippen LogP contribution in [0.25, 0.3) is 12.2 Å². The monoisotopic (exact) mass is 286 g/mol. The van der Waals surface area contributed by atoms with Crippen LogP contribution in [0.15, 0.2) is 36.4 Å². The summed E-state index contributed by atoms with van der Waals surface area (Å²) in [4.78, 5) is 0. The highest BCUT2D eigenvalue weighted by Crippen LogP contribution is 2.26. The molecule has 0 aliphatic carbocycles. The van der Waals surface area contributed by atoms with E-state index in [1.54, 1.807) is 33.5 Å². The van der Waals surface area contributed by atoms with Crippen LogP contribution >= 0.6 is 0 Å². The predicted molar refractivity (Wildman–Crippen MR) is 83.1 cm³/mol. The summed E-state index contributed by atoms with van der Waals surface area (Å²) in [6.07, 6.45) is 3.80. The van der Waals surface area contributed by atoms with Crippen LogP contribution in [0, 0.1) is 0 Å². The van der Waals surface area contributed by atoms with Gasteiger partial charge in [-0.25, -0.2) is 0 Å². The van der Waals surface area contributed by atoms with Crippen LogP contribution in [0.1, 0.15) is 11.1 Å². The lowest BCUT2D eigenvalue weighted by Gasteiger charge is -2.06. The fourth-order valence-electron chi connectivity index (χ4n) is 1.94. The Morgan fingerprint density at radius 1 is 0.667 bits per heavy atom. The second-order valence-corrected chi connectivity index (χ2v) is 4.44. The highest BCUT2D eigenvalue weighted by molar-refractivity contribution is 5.72. The minimum absolute atomic E-state index is 0.164. The first-order valence-electron chi connectivity index (χ1n) is 6.44. The minimum Gasteiger partial charge on any atom is -0.508 e.